The highest BCUT2D eigenvalue weighted by Gasteiger charge is 2.12. The third-order valence-corrected chi connectivity index (χ3v) is 5.58. The molecule has 0 spiro atoms. The highest BCUT2D eigenvalue weighted by Crippen LogP contribution is 2.23. The van der Waals surface area contributed by atoms with E-state index < -0.39 is 0 Å². The van der Waals surface area contributed by atoms with Crippen LogP contribution in [0.5, 0.6) is 0 Å². The Balaban J connectivity index is 1.58. The fourth-order valence-corrected chi connectivity index (χ4v) is 3.80. The number of aromatic nitrogens is 3. The molecule has 4 nitrogen and oxygen atoms in total. The smallest absolute Gasteiger partial charge is 0.195 e. The predicted octanol–water partition coefficient (Wildman–Crippen LogP) is 5.40. The normalized spacial score (nSPS) is 10.9. The van der Waals surface area contributed by atoms with Crippen molar-refractivity contribution in [3.63, 3.8) is 0 Å². The average molecular weight is 430 g/mol. The van der Waals surface area contributed by atoms with Crippen LogP contribution in [0.3, 0.4) is 0 Å². The molecule has 1 aromatic heterocycles. The monoisotopic (exact) mass is 429 g/mol. The molecule has 0 radical (unpaired) electrons. The van der Waals surface area contributed by atoms with Crippen LogP contribution in [0.2, 0.25) is 0 Å². The molecule has 0 unspecified atom stereocenters. The van der Waals surface area contributed by atoms with Gasteiger partial charge in [0.05, 0.1) is 0 Å². The van der Waals surface area contributed by atoms with Gasteiger partial charge in [-0.05, 0) is 44.5 Å². The molecule has 0 atom stereocenters. The number of rotatable bonds is 7. The summed E-state index contributed by atoms with van der Waals surface area (Å²) < 4.78 is 3.04. The molecule has 0 aliphatic heterocycles. The molecule has 0 amide bonds. The van der Waals surface area contributed by atoms with E-state index in [1.807, 2.05) is 31.2 Å². The highest BCUT2D eigenvalue weighted by atomic mass is 79.9. The number of hydrogen-bond acceptors (Lipinski definition) is 4. The number of nitrogens with zero attached hydrogens (tertiary/aromatic N) is 3. The Morgan fingerprint density at radius 2 is 1.73 bits per heavy atom. The first-order chi connectivity index (χ1) is 12.5. The van der Waals surface area contributed by atoms with Gasteiger partial charge in [0.1, 0.15) is 5.82 Å². The van der Waals surface area contributed by atoms with Gasteiger partial charge >= 0.3 is 0 Å². The van der Waals surface area contributed by atoms with E-state index in [0.29, 0.717) is 6.42 Å². The third-order valence-electron chi connectivity index (χ3n) is 4.03. The molecule has 0 N–H and O–H groups in total. The van der Waals surface area contributed by atoms with Gasteiger partial charge in [0.15, 0.2) is 10.9 Å². The van der Waals surface area contributed by atoms with Gasteiger partial charge in [-0.1, -0.05) is 57.5 Å². The summed E-state index contributed by atoms with van der Waals surface area (Å²) in [4.78, 5) is 12.2. The number of ketones is 1. The summed E-state index contributed by atoms with van der Waals surface area (Å²) in [6, 6.07) is 15.8. The minimum atomic E-state index is 0.175. The predicted molar refractivity (Wildman–Crippen MR) is 109 cm³/mol. The Kier molecular flexibility index (Phi) is 6.27. The van der Waals surface area contributed by atoms with Gasteiger partial charge in [0, 0.05) is 27.9 Å². The fraction of sp³-hybridized carbons (Fsp3) is 0.250. The van der Waals surface area contributed by atoms with Crippen LogP contribution in [0, 0.1) is 13.8 Å². The average Bonchev–Trinajstić information content (AvgIpc) is 3.00. The van der Waals surface area contributed by atoms with Gasteiger partial charge < -0.3 is 0 Å². The van der Waals surface area contributed by atoms with E-state index in [1.165, 1.54) is 5.56 Å². The Bertz CT molecular complexity index is 888. The molecule has 6 heteroatoms. The summed E-state index contributed by atoms with van der Waals surface area (Å²) in [6.45, 7) is 4.02. The maximum absolute atomic E-state index is 12.2. The molecule has 1 heterocycles. The molecule has 3 aromatic rings. The Morgan fingerprint density at radius 3 is 2.42 bits per heavy atom. The number of Topliss-reactive ketones (excluding diaryl/α,β-unsaturated/α-hetero) is 1. The number of thioether (sulfide) groups is 1. The van der Waals surface area contributed by atoms with Crippen LogP contribution < -0.4 is 0 Å². The summed E-state index contributed by atoms with van der Waals surface area (Å²) >= 11 is 5.02. The lowest BCUT2D eigenvalue weighted by atomic mass is 10.1. The van der Waals surface area contributed by atoms with Gasteiger partial charge in [-0.3, -0.25) is 9.36 Å². The molecule has 2 aromatic carbocycles. The van der Waals surface area contributed by atoms with E-state index in [-0.39, 0.29) is 5.78 Å². The van der Waals surface area contributed by atoms with Crippen molar-refractivity contribution in [3.8, 4) is 5.69 Å². The SMILES string of the molecule is Cc1ccc(-n2c(C)nnc2SCCCC(=O)c2ccc(Br)cc2)cc1. The van der Waals surface area contributed by atoms with E-state index in [9.17, 15) is 4.79 Å². The molecule has 0 aliphatic rings. The van der Waals surface area contributed by atoms with Crippen LogP contribution in [0.1, 0.15) is 34.6 Å². The zero-order chi connectivity index (χ0) is 18.5. The standard InChI is InChI=1S/C20H20BrN3OS/c1-14-5-11-18(12-6-14)24-15(2)22-23-20(24)26-13-3-4-19(25)16-7-9-17(21)10-8-16/h5-12H,3-4,13H2,1-2H3. The maximum Gasteiger partial charge on any atom is 0.195 e. The first-order valence-corrected chi connectivity index (χ1v) is 10.2. The van der Waals surface area contributed by atoms with Gasteiger partial charge in [0.2, 0.25) is 0 Å². The van der Waals surface area contributed by atoms with Crippen LogP contribution in [0.15, 0.2) is 58.2 Å². The molecular formula is C20H20BrN3OS. The van der Waals surface area contributed by atoms with Crippen LogP contribution in [-0.2, 0) is 0 Å². The summed E-state index contributed by atoms with van der Waals surface area (Å²) in [5, 5.41) is 9.35. The zero-order valence-electron chi connectivity index (χ0n) is 14.8. The first-order valence-electron chi connectivity index (χ1n) is 8.45. The van der Waals surface area contributed by atoms with Crippen molar-refractivity contribution < 1.29 is 4.79 Å². The molecule has 0 bridgehead atoms. The Hall–Kier alpha value is -1.92. The maximum atomic E-state index is 12.2. The molecule has 0 fully saturated rings. The van der Waals surface area contributed by atoms with E-state index in [1.54, 1.807) is 11.8 Å². The van der Waals surface area contributed by atoms with Crippen molar-refractivity contribution in [1.29, 1.82) is 0 Å². The van der Waals surface area contributed by atoms with E-state index >= 15 is 0 Å². The topological polar surface area (TPSA) is 47.8 Å². The van der Waals surface area contributed by atoms with Gasteiger partial charge in [-0.25, -0.2) is 0 Å². The lowest BCUT2D eigenvalue weighted by Gasteiger charge is -2.08. The zero-order valence-corrected chi connectivity index (χ0v) is 17.2. The van der Waals surface area contributed by atoms with Gasteiger partial charge in [-0.2, -0.15) is 0 Å². The third kappa shape index (κ3) is 4.62. The number of halogens is 1. The quantitative estimate of drug-likeness (QED) is 0.286. The molecule has 0 saturated heterocycles. The Labute approximate surface area is 166 Å². The molecular weight excluding hydrogens is 410 g/mol. The lowest BCUT2D eigenvalue weighted by molar-refractivity contribution is 0.0982. The summed E-state index contributed by atoms with van der Waals surface area (Å²) in [7, 11) is 0. The largest absolute Gasteiger partial charge is 0.294 e. The van der Waals surface area contributed by atoms with Crippen LogP contribution in [0.25, 0.3) is 5.69 Å². The highest BCUT2D eigenvalue weighted by molar-refractivity contribution is 9.10. The van der Waals surface area contributed by atoms with Gasteiger partial charge in [-0.15, -0.1) is 10.2 Å². The first kappa shape index (κ1) is 18.9. The van der Waals surface area contributed by atoms with E-state index in [2.05, 4.69) is 61.9 Å². The van der Waals surface area contributed by atoms with Gasteiger partial charge in [0.25, 0.3) is 0 Å². The molecule has 3 rings (SSSR count). The van der Waals surface area contributed by atoms with E-state index in [4.69, 9.17) is 0 Å². The number of benzene rings is 2. The molecule has 134 valence electrons. The van der Waals surface area contributed by atoms with Crippen LogP contribution in [0.4, 0.5) is 0 Å². The van der Waals surface area contributed by atoms with Crippen molar-refractivity contribution >= 4 is 33.5 Å². The summed E-state index contributed by atoms with van der Waals surface area (Å²) in [5.74, 6) is 1.86. The second-order valence-corrected chi connectivity index (χ2v) is 8.06. The van der Waals surface area contributed by atoms with Crippen LogP contribution >= 0.6 is 27.7 Å². The lowest BCUT2D eigenvalue weighted by Crippen LogP contribution is -2.01. The van der Waals surface area contributed by atoms with Crippen LogP contribution in [-0.4, -0.2) is 26.3 Å². The second kappa shape index (κ2) is 8.64. The minimum absolute atomic E-state index is 0.175. The second-order valence-electron chi connectivity index (χ2n) is 6.08. The van der Waals surface area contributed by atoms with Crippen molar-refractivity contribution in [1.82, 2.24) is 14.8 Å². The van der Waals surface area contributed by atoms with E-state index in [0.717, 1.165) is 38.9 Å². The number of carbonyl (C=O) groups excluding carboxylic acids is 1. The van der Waals surface area contributed by atoms with Crippen molar-refractivity contribution in [2.45, 2.75) is 31.8 Å². The number of carbonyl (C=O) groups is 1. The molecule has 0 aliphatic carbocycles. The van der Waals surface area contributed by atoms with Crippen molar-refractivity contribution in [3.05, 3.63) is 70.0 Å². The molecule has 26 heavy (non-hydrogen) atoms. The number of hydrogen-bond donors (Lipinski definition) is 0. The number of aryl methyl sites for hydroxylation is 2. The molecule has 0 saturated carbocycles. The summed E-state index contributed by atoms with van der Waals surface area (Å²) in [5.41, 5.74) is 3.04. The van der Waals surface area contributed by atoms with Crippen molar-refractivity contribution in [2.24, 2.45) is 0 Å². The Morgan fingerprint density at radius 1 is 1.04 bits per heavy atom. The fourth-order valence-electron chi connectivity index (χ4n) is 2.60. The van der Waals surface area contributed by atoms with Crippen molar-refractivity contribution in [2.75, 3.05) is 5.75 Å². The summed E-state index contributed by atoms with van der Waals surface area (Å²) in [6.07, 6.45) is 1.34. The minimum Gasteiger partial charge on any atom is -0.294 e.